The van der Waals surface area contributed by atoms with Gasteiger partial charge in [-0.1, -0.05) is 21.7 Å². The van der Waals surface area contributed by atoms with Crippen molar-refractivity contribution < 1.29 is 18.6 Å². The molecule has 1 aliphatic rings. The Bertz CT molecular complexity index is 1030. The fourth-order valence-corrected chi connectivity index (χ4v) is 4.13. The summed E-state index contributed by atoms with van der Waals surface area (Å²) < 4.78 is 10.1. The number of hydrogen-bond acceptors (Lipinski definition) is 8. The molecule has 2 amide bonds. The molecule has 0 unspecified atom stereocenters. The van der Waals surface area contributed by atoms with E-state index in [2.05, 4.69) is 20.6 Å². The zero-order valence-electron chi connectivity index (χ0n) is 15.7. The number of carbonyl (C=O) groups excluding carboxylic acids is 2. The van der Waals surface area contributed by atoms with E-state index in [1.165, 1.54) is 11.3 Å². The minimum absolute atomic E-state index is 0.0251. The molecule has 0 aliphatic carbocycles. The van der Waals surface area contributed by atoms with E-state index >= 15 is 0 Å². The van der Waals surface area contributed by atoms with Crippen LogP contribution in [0.3, 0.4) is 0 Å². The smallest absolute Gasteiger partial charge is 0.279 e. The SMILES string of the molecule is Cc1cc(C(=O)Nc2nc3c(s2)CN(C(=O)Cc2c(C)noc2C)CC3)no1. The van der Waals surface area contributed by atoms with Gasteiger partial charge in [-0.25, -0.2) is 4.98 Å². The van der Waals surface area contributed by atoms with Crippen molar-refractivity contribution in [3.8, 4) is 0 Å². The predicted molar refractivity (Wildman–Crippen MR) is 100 cm³/mol. The summed E-state index contributed by atoms with van der Waals surface area (Å²) in [4.78, 5) is 32.2. The van der Waals surface area contributed by atoms with Gasteiger partial charge in [0.2, 0.25) is 5.91 Å². The molecule has 0 fully saturated rings. The number of nitrogens with one attached hydrogen (secondary N) is 1. The van der Waals surface area contributed by atoms with Crippen molar-refractivity contribution in [1.29, 1.82) is 0 Å². The van der Waals surface area contributed by atoms with E-state index in [9.17, 15) is 9.59 Å². The molecule has 0 spiro atoms. The summed E-state index contributed by atoms with van der Waals surface area (Å²) in [7, 11) is 0. The molecule has 3 aromatic rings. The summed E-state index contributed by atoms with van der Waals surface area (Å²) in [5.41, 5.74) is 2.71. The standard InChI is InChI=1S/C18H19N5O4S/c1-9-6-14(22-26-9)17(25)20-18-19-13-4-5-23(8-15(13)28-18)16(24)7-12-10(2)21-27-11(12)3/h6H,4-5,7-8H2,1-3H3,(H,19,20,25). The summed E-state index contributed by atoms with van der Waals surface area (Å²) in [5.74, 6) is 0.900. The molecule has 146 valence electrons. The Morgan fingerprint density at radius 1 is 1.25 bits per heavy atom. The molecule has 9 nitrogen and oxygen atoms in total. The van der Waals surface area contributed by atoms with Crippen LogP contribution < -0.4 is 5.32 Å². The van der Waals surface area contributed by atoms with Gasteiger partial charge in [0.05, 0.1) is 24.4 Å². The van der Waals surface area contributed by atoms with Crippen LogP contribution in [0, 0.1) is 20.8 Å². The summed E-state index contributed by atoms with van der Waals surface area (Å²) in [6.45, 7) is 6.44. The van der Waals surface area contributed by atoms with Crippen molar-refractivity contribution in [2.24, 2.45) is 0 Å². The molecule has 4 rings (SSSR count). The molecule has 28 heavy (non-hydrogen) atoms. The van der Waals surface area contributed by atoms with Crippen molar-refractivity contribution in [3.05, 3.63) is 45.1 Å². The van der Waals surface area contributed by atoms with Crippen molar-refractivity contribution in [3.63, 3.8) is 0 Å². The quantitative estimate of drug-likeness (QED) is 0.714. The molecule has 0 radical (unpaired) electrons. The Hall–Kier alpha value is -3.01. The summed E-state index contributed by atoms with van der Waals surface area (Å²) in [6, 6.07) is 1.57. The molecule has 10 heteroatoms. The highest BCUT2D eigenvalue weighted by molar-refractivity contribution is 7.15. The number of thiazole rings is 1. The van der Waals surface area contributed by atoms with Gasteiger partial charge in [0.15, 0.2) is 10.8 Å². The fourth-order valence-electron chi connectivity index (χ4n) is 3.11. The number of aryl methyl sites for hydroxylation is 3. The molecule has 0 saturated carbocycles. The second-order valence-electron chi connectivity index (χ2n) is 6.71. The zero-order chi connectivity index (χ0) is 19.8. The number of fused-ring (bicyclic) bond motifs is 1. The Labute approximate surface area is 164 Å². The van der Waals surface area contributed by atoms with Gasteiger partial charge in [-0.3, -0.25) is 14.9 Å². The Balaban J connectivity index is 1.43. The molecule has 4 heterocycles. The average molecular weight is 401 g/mol. The van der Waals surface area contributed by atoms with Crippen molar-refractivity contribution in [2.75, 3.05) is 11.9 Å². The minimum Gasteiger partial charge on any atom is -0.361 e. The molecule has 3 aromatic heterocycles. The fraction of sp³-hybridized carbons (Fsp3) is 0.389. The van der Waals surface area contributed by atoms with Crippen molar-refractivity contribution in [1.82, 2.24) is 20.2 Å². The molecule has 0 bridgehead atoms. The first-order valence-corrected chi connectivity index (χ1v) is 9.65. The average Bonchev–Trinajstić information content (AvgIpc) is 3.35. The van der Waals surface area contributed by atoms with Crippen LogP contribution in [0.2, 0.25) is 0 Å². The first-order valence-electron chi connectivity index (χ1n) is 8.83. The maximum atomic E-state index is 12.7. The number of amides is 2. The van der Waals surface area contributed by atoms with E-state index in [4.69, 9.17) is 9.05 Å². The molecular formula is C18H19N5O4S. The summed E-state index contributed by atoms with van der Waals surface area (Å²) >= 11 is 1.37. The normalized spacial score (nSPS) is 13.5. The number of carbonyl (C=O) groups is 2. The van der Waals surface area contributed by atoms with Crippen LogP contribution in [0.5, 0.6) is 0 Å². The molecule has 1 aliphatic heterocycles. The lowest BCUT2D eigenvalue weighted by Gasteiger charge is -2.26. The third-order valence-corrected chi connectivity index (χ3v) is 5.67. The number of hydrogen-bond donors (Lipinski definition) is 1. The van der Waals surface area contributed by atoms with Gasteiger partial charge in [-0.2, -0.15) is 0 Å². The molecule has 0 saturated heterocycles. The van der Waals surface area contributed by atoms with Gasteiger partial charge in [0, 0.05) is 29.5 Å². The van der Waals surface area contributed by atoms with Crippen LogP contribution in [0.25, 0.3) is 0 Å². The van der Waals surface area contributed by atoms with E-state index in [-0.39, 0.29) is 23.9 Å². The minimum atomic E-state index is -0.366. The second kappa shape index (κ2) is 7.19. The van der Waals surface area contributed by atoms with Crippen molar-refractivity contribution >= 4 is 28.3 Å². The molecule has 0 aromatic carbocycles. The van der Waals surface area contributed by atoms with Crippen LogP contribution >= 0.6 is 11.3 Å². The lowest BCUT2D eigenvalue weighted by atomic mass is 10.1. The Kier molecular flexibility index (Phi) is 4.71. The predicted octanol–water partition coefficient (Wildman–Crippen LogP) is 2.42. The van der Waals surface area contributed by atoms with Crippen LogP contribution in [0.1, 0.15) is 43.8 Å². The van der Waals surface area contributed by atoms with Gasteiger partial charge in [0.25, 0.3) is 5.91 Å². The van der Waals surface area contributed by atoms with Crippen LogP contribution in [-0.4, -0.2) is 38.6 Å². The number of anilines is 1. The highest BCUT2D eigenvalue weighted by Gasteiger charge is 2.26. The Morgan fingerprint density at radius 3 is 2.75 bits per heavy atom. The first-order chi connectivity index (χ1) is 13.4. The van der Waals surface area contributed by atoms with Crippen molar-refractivity contribution in [2.45, 2.75) is 40.2 Å². The van der Waals surface area contributed by atoms with E-state index in [1.54, 1.807) is 17.9 Å². The van der Waals surface area contributed by atoms with Gasteiger partial charge >= 0.3 is 0 Å². The topological polar surface area (TPSA) is 114 Å². The third-order valence-electron chi connectivity index (χ3n) is 4.67. The van der Waals surface area contributed by atoms with E-state index in [1.807, 2.05) is 13.8 Å². The van der Waals surface area contributed by atoms with Crippen LogP contribution in [0.15, 0.2) is 15.1 Å². The van der Waals surface area contributed by atoms with Gasteiger partial charge in [-0.15, -0.1) is 0 Å². The van der Waals surface area contributed by atoms with Crippen LogP contribution in [-0.2, 0) is 24.2 Å². The largest absolute Gasteiger partial charge is 0.361 e. The highest BCUT2D eigenvalue weighted by Crippen LogP contribution is 2.29. The molecule has 1 N–H and O–H groups in total. The second-order valence-corrected chi connectivity index (χ2v) is 7.79. The van der Waals surface area contributed by atoms with Gasteiger partial charge < -0.3 is 13.9 Å². The first kappa shape index (κ1) is 18.4. The van der Waals surface area contributed by atoms with E-state index < -0.39 is 0 Å². The lowest BCUT2D eigenvalue weighted by Crippen LogP contribution is -2.36. The number of nitrogens with zero attached hydrogens (tertiary/aromatic N) is 4. The number of aromatic nitrogens is 3. The van der Waals surface area contributed by atoms with Gasteiger partial charge in [0.1, 0.15) is 11.5 Å². The monoisotopic (exact) mass is 401 g/mol. The summed E-state index contributed by atoms with van der Waals surface area (Å²) in [5, 5.41) is 10.8. The third kappa shape index (κ3) is 3.55. The number of rotatable bonds is 4. The summed E-state index contributed by atoms with van der Waals surface area (Å²) in [6.07, 6.45) is 0.919. The maximum Gasteiger partial charge on any atom is 0.279 e. The zero-order valence-corrected chi connectivity index (χ0v) is 16.6. The maximum absolute atomic E-state index is 12.7. The Morgan fingerprint density at radius 2 is 2.07 bits per heavy atom. The lowest BCUT2D eigenvalue weighted by molar-refractivity contribution is -0.131. The molecule has 0 atom stereocenters. The van der Waals surface area contributed by atoms with Crippen LogP contribution in [0.4, 0.5) is 5.13 Å². The molecular weight excluding hydrogens is 382 g/mol. The highest BCUT2D eigenvalue weighted by atomic mass is 32.1. The van der Waals surface area contributed by atoms with Gasteiger partial charge in [-0.05, 0) is 20.8 Å². The van der Waals surface area contributed by atoms with E-state index in [0.717, 1.165) is 21.8 Å². The van der Waals surface area contributed by atoms with E-state index in [0.29, 0.717) is 36.2 Å².